The molecule has 3 amide bonds. The lowest BCUT2D eigenvalue weighted by molar-refractivity contribution is -0.146. The van der Waals surface area contributed by atoms with Gasteiger partial charge in [0.15, 0.2) is 0 Å². The number of nitrogens with zero attached hydrogens (tertiary/aromatic N) is 1. The number of nitrogens with one attached hydrogen (secondary N) is 1. The third kappa shape index (κ3) is 2.78. The number of fused-ring (bicyclic) bond motifs is 5. The zero-order valence-corrected chi connectivity index (χ0v) is 19.2. The molecule has 2 saturated carbocycles. The molecule has 2 aliphatic carbocycles. The minimum absolute atomic E-state index is 0.155. The lowest BCUT2D eigenvalue weighted by Crippen LogP contribution is -2.46. The van der Waals surface area contributed by atoms with E-state index in [1.54, 1.807) is 19.1 Å². The van der Waals surface area contributed by atoms with Crippen molar-refractivity contribution in [1.29, 1.82) is 0 Å². The van der Waals surface area contributed by atoms with Crippen molar-refractivity contribution in [1.82, 2.24) is 4.90 Å². The number of carbonyl (C=O) groups is 3. The van der Waals surface area contributed by atoms with Gasteiger partial charge in [-0.3, -0.25) is 19.3 Å². The fourth-order valence-electron chi connectivity index (χ4n) is 4.65. The largest absolute Gasteiger partial charge is 0.324 e. The Hall–Kier alpha value is -0.480. The minimum atomic E-state index is -0.818. The van der Waals surface area contributed by atoms with Gasteiger partial charge in [-0.2, -0.15) is 0 Å². The fourth-order valence-corrected chi connectivity index (χ4v) is 6.88. The molecular formula is C18H17Br2IN2O3. The summed E-state index contributed by atoms with van der Waals surface area (Å²) in [5, 5.41) is 2.80. The molecule has 1 heterocycles. The van der Waals surface area contributed by atoms with Crippen LogP contribution in [-0.2, 0) is 14.4 Å². The number of amides is 3. The lowest BCUT2D eigenvalue weighted by atomic mass is 9.81. The molecule has 3 aliphatic rings. The summed E-state index contributed by atoms with van der Waals surface area (Å²) in [6.45, 7) is 1.62. The Morgan fingerprint density at radius 1 is 1.12 bits per heavy atom. The summed E-state index contributed by atoms with van der Waals surface area (Å²) in [6, 6.07) is 6.57. The smallest absolute Gasteiger partial charge is 0.247 e. The van der Waals surface area contributed by atoms with E-state index < -0.39 is 6.04 Å². The highest BCUT2D eigenvalue weighted by atomic mass is 127. The number of hydrogen-bond acceptors (Lipinski definition) is 3. The van der Waals surface area contributed by atoms with Gasteiger partial charge in [0.2, 0.25) is 17.7 Å². The van der Waals surface area contributed by atoms with Gasteiger partial charge in [0.05, 0.1) is 11.8 Å². The number of halogens is 3. The Kier molecular flexibility index (Phi) is 4.97. The second-order valence-electron chi connectivity index (χ2n) is 7.22. The fraction of sp³-hybridized carbons (Fsp3) is 0.500. The van der Waals surface area contributed by atoms with Crippen molar-refractivity contribution >= 4 is 77.9 Å². The van der Waals surface area contributed by atoms with Crippen molar-refractivity contribution in [2.45, 2.75) is 29.0 Å². The van der Waals surface area contributed by atoms with Crippen LogP contribution in [0.5, 0.6) is 0 Å². The van der Waals surface area contributed by atoms with Gasteiger partial charge in [0.25, 0.3) is 0 Å². The van der Waals surface area contributed by atoms with Crippen molar-refractivity contribution in [2.24, 2.45) is 23.7 Å². The van der Waals surface area contributed by atoms with E-state index in [1.165, 1.54) is 4.90 Å². The molecule has 8 heteroatoms. The van der Waals surface area contributed by atoms with Crippen molar-refractivity contribution in [3.05, 3.63) is 27.8 Å². The summed E-state index contributed by atoms with van der Waals surface area (Å²) in [6.07, 6.45) is 0.885. The maximum absolute atomic E-state index is 13.0. The number of benzene rings is 1. The molecule has 1 aromatic carbocycles. The summed E-state index contributed by atoms with van der Waals surface area (Å²) in [5.41, 5.74) is 0.655. The molecule has 138 valence electrons. The first-order valence-electron chi connectivity index (χ1n) is 8.52. The molecule has 0 spiro atoms. The average molecular weight is 596 g/mol. The molecule has 7 unspecified atom stereocenters. The highest BCUT2D eigenvalue weighted by Crippen LogP contribution is 2.60. The predicted octanol–water partition coefficient (Wildman–Crippen LogP) is 3.40. The Labute approximate surface area is 182 Å². The first-order valence-corrected chi connectivity index (χ1v) is 11.4. The van der Waals surface area contributed by atoms with E-state index in [1.807, 2.05) is 12.1 Å². The molecule has 5 nitrogen and oxygen atoms in total. The molecule has 3 fully saturated rings. The molecule has 1 N–H and O–H groups in total. The Morgan fingerprint density at radius 2 is 1.62 bits per heavy atom. The normalized spacial score (nSPS) is 36.4. The van der Waals surface area contributed by atoms with Crippen molar-refractivity contribution < 1.29 is 14.4 Å². The minimum Gasteiger partial charge on any atom is -0.324 e. The third-order valence-corrected chi connectivity index (χ3v) is 9.83. The van der Waals surface area contributed by atoms with Crippen molar-refractivity contribution in [2.75, 3.05) is 5.32 Å². The van der Waals surface area contributed by atoms with Crippen LogP contribution in [-0.4, -0.2) is 38.3 Å². The van der Waals surface area contributed by atoms with Gasteiger partial charge in [-0.25, -0.2) is 0 Å². The topological polar surface area (TPSA) is 66.5 Å². The van der Waals surface area contributed by atoms with Crippen LogP contribution in [0.1, 0.15) is 13.3 Å². The quantitative estimate of drug-likeness (QED) is 0.331. The van der Waals surface area contributed by atoms with Crippen LogP contribution in [0.4, 0.5) is 5.69 Å². The van der Waals surface area contributed by atoms with E-state index in [0.29, 0.717) is 5.69 Å². The third-order valence-electron chi connectivity index (χ3n) is 5.90. The van der Waals surface area contributed by atoms with Gasteiger partial charge in [-0.15, -0.1) is 0 Å². The maximum atomic E-state index is 13.0. The van der Waals surface area contributed by atoms with E-state index >= 15 is 0 Å². The van der Waals surface area contributed by atoms with Gasteiger partial charge in [0, 0.05) is 18.9 Å². The van der Waals surface area contributed by atoms with E-state index in [9.17, 15) is 14.4 Å². The first kappa shape index (κ1) is 18.9. The number of alkyl halides is 2. The molecule has 1 saturated heterocycles. The molecule has 1 aliphatic heterocycles. The summed E-state index contributed by atoms with van der Waals surface area (Å²) in [5.74, 6) is -1.00. The van der Waals surface area contributed by atoms with Gasteiger partial charge in [-0.1, -0.05) is 31.9 Å². The zero-order chi connectivity index (χ0) is 18.7. The second kappa shape index (κ2) is 6.84. The number of hydrogen-bond donors (Lipinski definition) is 1. The number of anilines is 1. The molecule has 1 aromatic rings. The summed E-state index contributed by atoms with van der Waals surface area (Å²) in [7, 11) is 0. The van der Waals surface area contributed by atoms with Crippen LogP contribution in [0.2, 0.25) is 0 Å². The van der Waals surface area contributed by atoms with Crippen LogP contribution in [0.3, 0.4) is 0 Å². The molecule has 4 rings (SSSR count). The van der Waals surface area contributed by atoms with Gasteiger partial charge >= 0.3 is 0 Å². The predicted molar refractivity (Wildman–Crippen MR) is 113 cm³/mol. The van der Waals surface area contributed by atoms with Gasteiger partial charge in [-0.05, 0) is 72.0 Å². The molecule has 2 bridgehead atoms. The number of carbonyl (C=O) groups excluding carboxylic acids is 3. The van der Waals surface area contributed by atoms with E-state index in [0.717, 1.165) is 9.99 Å². The number of rotatable bonds is 3. The second-order valence-corrected chi connectivity index (χ2v) is 10.6. The molecule has 7 atom stereocenters. The molecule has 0 aromatic heterocycles. The average Bonchev–Trinajstić information content (AvgIpc) is 3.21. The van der Waals surface area contributed by atoms with E-state index in [2.05, 4.69) is 59.8 Å². The van der Waals surface area contributed by atoms with Crippen molar-refractivity contribution in [3.8, 4) is 0 Å². The van der Waals surface area contributed by atoms with Crippen molar-refractivity contribution in [3.63, 3.8) is 0 Å². The Balaban J connectivity index is 1.53. The molecule has 26 heavy (non-hydrogen) atoms. The molecule has 0 radical (unpaired) electrons. The Morgan fingerprint density at radius 3 is 2.12 bits per heavy atom. The highest BCUT2D eigenvalue weighted by molar-refractivity contribution is 14.1. The Bertz CT molecular complexity index is 755. The van der Waals surface area contributed by atoms with Gasteiger partial charge < -0.3 is 5.32 Å². The monoisotopic (exact) mass is 594 g/mol. The van der Waals surface area contributed by atoms with Crippen LogP contribution in [0, 0.1) is 27.2 Å². The van der Waals surface area contributed by atoms with Crippen LogP contribution < -0.4 is 5.32 Å². The van der Waals surface area contributed by atoms with Gasteiger partial charge in [0.1, 0.15) is 6.04 Å². The van der Waals surface area contributed by atoms with E-state index in [4.69, 9.17) is 0 Å². The summed E-state index contributed by atoms with van der Waals surface area (Å²) >= 11 is 9.53. The van der Waals surface area contributed by atoms with Crippen LogP contribution >= 0.6 is 54.5 Å². The molecular weight excluding hydrogens is 579 g/mol. The lowest BCUT2D eigenvalue weighted by Gasteiger charge is -2.28. The number of likely N-dealkylation sites (tertiary alicyclic amines) is 1. The summed E-state index contributed by atoms with van der Waals surface area (Å²) < 4.78 is 1.07. The number of imide groups is 1. The SMILES string of the molecule is CC(C(=O)Nc1ccc(I)cc1)N1C(=O)C2C3CC(C(Br)C3Br)C2C1=O. The zero-order valence-electron chi connectivity index (χ0n) is 13.9. The highest BCUT2D eigenvalue weighted by Gasteiger charge is 2.67. The van der Waals surface area contributed by atoms with Crippen LogP contribution in [0.25, 0.3) is 0 Å². The summed E-state index contributed by atoms with van der Waals surface area (Å²) in [4.78, 5) is 40.2. The maximum Gasteiger partial charge on any atom is 0.247 e. The standard InChI is InChI=1S/C18H17Br2IN2O3/c1-7(16(24)22-9-4-2-8(21)3-5-9)23-17(25)12-10-6-11(13(12)18(23)26)15(20)14(10)19/h2-5,7,10-15H,6H2,1H3,(H,22,24). The van der Waals surface area contributed by atoms with Crippen LogP contribution in [0.15, 0.2) is 24.3 Å². The van der Waals surface area contributed by atoms with E-state index in [-0.39, 0.29) is 51.0 Å². The first-order chi connectivity index (χ1) is 12.3.